The number of nitrogens with one attached hydrogen (secondary N) is 1. The van der Waals surface area contributed by atoms with Crippen molar-refractivity contribution in [3.8, 4) is 5.75 Å². The number of ether oxygens (including phenoxy) is 1. The van der Waals surface area contributed by atoms with Gasteiger partial charge in [0.1, 0.15) is 5.75 Å². The summed E-state index contributed by atoms with van der Waals surface area (Å²) in [7, 11) is 1.68. The molecule has 0 amide bonds. The van der Waals surface area contributed by atoms with Crippen molar-refractivity contribution in [2.45, 2.75) is 26.3 Å². The maximum absolute atomic E-state index is 5.75. The van der Waals surface area contributed by atoms with Crippen molar-refractivity contribution in [3.05, 3.63) is 64.7 Å². The van der Waals surface area contributed by atoms with Crippen molar-refractivity contribution >= 4 is 0 Å². The largest absolute Gasteiger partial charge is 0.497 e. The maximum Gasteiger partial charge on any atom is 0.119 e. The van der Waals surface area contributed by atoms with Gasteiger partial charge in [0.05, 0.1) is 13.2 Å². The number of benzene rings is 2. The molecule has 2 aromatic rings. The molecule has 0 aliphatic carbocycles. The van der Waals surface area contributed by atoms with Gasteiger partial charge in [0, 0.05) is 0 Å². The molecule has 0 spiro atoms. The quantitative estimate of drug-likeness (QED) is 0.648. The van der Waals surface area contributed by atoms with Gasteiger partial charge in [-0.25, -0.2) is 0 Å². The molecule has 2 rings (SSSR count). The molecule has 0 heterocycles. The molecule has 3 N–H and O–H groups in total. The van der Waals surface area contributed by atoms with Crippen molar-refractivity contribution in [3.63, 3.8) is 0 Å². The number of nitrogens with two attached hydrogens (primary N) is 1. The lowest BCUT2D eigenvalue weighted by Gasteiger charge is -2.19. The van der Waals surface area contributed by atoms with Gasteiger partial charge in [-0.2, -0.15) is 0 Å². The number of hydrogen-bond acceptors (Lipinski definition) is 3. The third-order valence-electron chi connectivity index (χ3n) is 3.75. The van der Waals surface area contributed by atoms with Crippen LogP contribution in [0.5, 0.6) is 5.75 Å². The summed E-state index contributed by atoms with van der Waals surface area (Å²) < 4.78 is 5.28. The molecule has 1 unspecified atom stereocenters. The topological polar surface area (TPSA) is 47.3 Å². The molecule has 20 heavy (non-hydrogen) atoms. The number of rotatable bonds is 5. The molecule has 3 heteroatoms. The summed E-state index contributed by atoms with van der Waals surface area (Å²) in [6.07, 6.45) is 0.863. The summed E-state index contributed by atoms with van der Waals surface area (Å²) in [5.41, 5.74) is 7.99. The Balaban J connectivity index is 2.29. The fraction of sp³-hybridized carbons (Fsp3) is 0.294. The molecule has 0 bridgehead atoms. The highest BCUT2D eigenvalue weighted by Crippen LogP contribution is 2.24. The first kappa shape index (κ1) is 14.6. The molecule has 3 nitrogen and oxygen atoms in total. The molecule has 0 aliphatic rings. The second kappa shape index (κ2) is 6.55. The van der Waals surface area contributed by atoms with Crippen molar-refractivity contribution in [1.82, 2.24) is 5.43 Å². The first-order chi connectivity index (χ1) is 9.65. The van der Waals surface area contributed by atoms with Crippen LogP contribution in [0, 0.1) is 13.8 Å². The normalized spacial score (nSPS) is 12.2. The Morgan fingerprint density at radius 3 is 2.35 bits per heavy atom. The van der Waals surface area contributed by atoms with Crippen molar-refractivity contribution in [2.24, 2.45) is 5.84 Å². The van der Waals surface area contributed by atoms with Crippen LogP contribution in [0.3, 0.4) is 0 Å². The highest BCUT2D eigenvalue weighted by molar-refractivity contribution is 5.37. The van der Waals surface area contributed by atoms with Crippen LogP contribution in [0.25, 0.3) is 0 Å². The van der Waals surface area contributed by atoms with Gasteiger partial charge in [-0.1, -0.05) is 30.3 Å². The Kier molecular flexibility index (Phi) is 4.77. The van der Waals surface area contributed by atoms with E-state index in [4.69, 9.17) is 10.6 Å². The summed E-state index contributed by atoms with van der Waals surface area (Å²) >= 11 is 0. The molecule has 0 radical (unpaired) electrons. The predicted octanol–water partition coefficient (Wildman–Crippen LogP) is 3.06. The Morgan fingerprint density at radius 2 is 1.75 bits per heavy atom. The SMILES string of the molecule is COc1cccc(C(Cc2c(C)cccc2C)NN)c1. The highest BCUT2D eigenvalue weighted by Gasteiger charge is 2.14. The first-order valence-corrected chi connectivity index (χ1v) is 6.81. The average Bonchev–Trinajstić information content (AvgIpc) is 2.47. The molecular formula is C17H22N2O. The van der Waals surface area contributed by atoms with E-state index in [1.54, 1.807) is 7.11 Å². The lowest BCUT2D eigenvalue weighted by atomic mass is 9.93. The molecule has 0 fully saturated rings. The predicted molar refractivity (Wildman–Crippen MR) is 82.7 cm³/mol. The van der Waals surface area contributed by atoms with Crippen LogP contribution in [0.1, 0.15) is 28.3 Å². The Hall–Kier alpha value is -1.84. The van der Waals surface area contributed by atoms with Gasteiger partial charge in [0.2, 0.25) is 0 Å². The van der Waals surface area contributed by atoms with Crippen LogP contribution in [0.2, 0.25) is 0 Å². The Bertz CT molecular complexity index is 561. The molecule has 0 saturated heterocycles. The maximum atomic E-state index is 5.75. The molecule has 0 saturated carbocycles. The van der Waals surface area contributed by atoms with Gasteiger partial charge < -0.3 is 4.74 Å². The minimum Gasteiger partial charge on any atom is -0.497 e. The van der Waals surface area contributed by atoms with Gasteiger partial charge >= 0.3 is 0 Å². The number of methoxy groups -OCH3 is 1. The minimum atomic E-state index is 0.0740. The Morgan fingerprint density at radius 1 is 1.10 bits per heavy atom. The van der Waals surface area contributed by atoms with E-state index >= 15 is 0 Å². The molecular weight excluding hydrogens is 248 g/mol. The van der Waals surface area contributed by atoms with Gasteiger partial charge in [-0.15, -0.1) is 0 Å². The summed E-state index contributed by atoms with van der Waals surface area (Å²) in [6.45, 7) is 4.28. The summed E-state index contributed by atoms with van der Waals surface area (Å²) in [4.78, 5) is 0. The second-order valence-electron chi connectivity index (χ2n) is 5.07. The van der Waals surface area contributed by atoms with E-state index in [0.29, 0.717) is 0 Å². The number of aryl methyl sites for hydroxylation is 2. The molecule has 2 aromatic carbocycles. The average molecular weight is 270 g/mol. The Labute approximate surface area is 120 Å². The lowest BCUT2D eigenvalue weighted by Crippen LogP contribution is -2.30. The van der Waals surface area contributed by atoms with Crippen LogP contribution >= 0.6 is 0 Å². The van der Waals surface area contributed by atoms with Crippen molar-refractivity contribution in [2.75, 3.05) is 7.11 Å². The number of hydrogen-bond donors (Lipinski definition) is 2. The third-order valence-corrected chi connectivity index (χ3v) is 3.75. The van der Waals surface area contributed by atoms with E-state index in [2.05, 4.69) is 43.5 Å². The fourth-order valence-corrected chi connectivity index (χ4v) is 2.51. The van der Waals surface area contributed by atoms with E-state index in [0.717, 1.165) is 17.7 Å². The zero-order valence-electron chi connectivity index (χ0n) is 12.3. The third kappa shape index (κ3) is 3.18. The lowest BCUT2D eigenvalue weighted by molar-refractivity contribution is 0.413. The highest BCUT2D eigenvalue weighted by atomic mass is 16.5. The van der Waals surface area contributed by atoms with Crippen molar-refractivity contribution in [1.29, 1.82) is 0 Å². The van der Waals surface area contributed by atoms with Gasteiger partial charge in [-0.3, -0.25) is 11.3 Å². The summed E-state index contributed by atoms with van der Waals surface area (Å²) in [5, 5.41) is 0. The monoisotopic (exact) mass is 270 g/mol. The van der Waals surface area contributed by atoms with Gasteiger partial charge in [-0.05, 0) is 54.7 Å². The zero-order valence-corrected chi connectivity index (χ0v) is 12.3. The van der Waals surface area contributed by atoms with Crippen LogP contribution in [-0.2, 0) is 6.42 Å². The van der Waals surface area contributed by atoms with Crippen LogP contribution < -0.4 is 16.0 Å². The zero-order chi connectivity index (χ0) is 14.5. The van der Waals surface area contributed by atoms with Crippen molar-refractivity contribution < 1.29 is 4.74 Å². The van der Waals surface area contributed by atoms with Crippen LogP contribution in [0.4, 0.5) is 0 Å². The van der Waals surface area contributed by atoms with Crippen LogP contribution in [-0.4, -0.2) is 7.11 Å². The molecule has 106 valence electrons. The van der Waals surface area contributed by atoms with Crippen LogP contribution in [0.15, 0.2) is 42.5 Å². The van der Waals surface area contributed by atoms with Gasteiger partial charge in [0.15, 0.2) is 0 Å². The smallest absolute Gasteiger partial charge is 0.119 e. The molecule has 0 aromatic heterocycles. The van der Waals surface area contributed by atoms with E-state index in [9.17, 15) is 0 Å². The standard InChI is InChI=1S/C17H22N2O/c1-12-6-4-7-13(2)16(12)11-17(19-18)14-8-5-9-15(10-14)20-3/h4-10,17,19H,11,18H2,1-3H3. The first-order valence-electron chi connectivity index (χ1n) is 6.81. The van der Waals surface area contributed by atoms with E-state index in [1.807, 2.05) is 18.2 Å². The fourth-order valence-electron chi connectivity index (χ4n) is 2.51. The number of hydrazine groups is 1. The molecule has 1 atom stereocenters. The van der Waals surface area contributed by atoms with Gasteiger partial charge in [0.25, 0.3) is 0 Å². The summed E-state index contributed by atoms with van der Waals surface area (Å²) in [5.74, 6) is 6.60. The minimum absolute atomic E-state index is 0.0740. The van der Waals surface area contributed by atoms with E-state index in [-0.39, 0.29) is 6.04 Å². The van der Waals surface area contributed by atoms with E-state index < -0.39 is 0 Å². The molecule has 0 aliphatic heterocycles. The second-order valence-corrected chi connectivity index (χ2v) is 5.07. The van der Waals surface area contributed by atoms with E-state index in [1.165, 1.54) is 16.7 Å². The summed E-state index contributed by atoms with van der Waals surface area (Å²) in [6, 6.07) is 14.5.